The van der Waals surface area contributed by atoms with Crippen molar-refractivity contribution in [1.29, 1.82) is 0 Å². The molecule has 0 atom stereocenters. The minimum atomic E-state index is -0.954. The number of rotatable bonds is 2. The fraction of sp³-hybridized carbons (Fsp3) is 1.00. The Bertz CT molecular complexity index is 36.2. The standard InChI is InChI=1S/C3H8O3.Mg.2H/c4-1-3(6)2-5;;;/h3-6H,1-2H2;;;/q;+2;2*-1. The molecule has 0 radical (unpaired) electrons. The van der Waals surface area contributed by atoms with Gasteiger partial charge in [0.25, 0.3) is 0 Å². The van der Waals surface area contributed by atoms with Crippen LogP contribution in [0.3, 0.4) is 0 Å². The molecule has 0 aromatic heterocycles. The van der Waals surface area contributed by atoms with E-state index in [0.717, 1.165) is 0 Å². The van der Waals surface area contributed by atoms with E-state index in [9.17, 15) is 0 Å². The maximum absolute atomic E-state index is 8.17. The summed E-state index contributed by atoms with van der Waals surface area (Å²) in [5.74, 6) is 0. The second-order valence-electron chi connectivity index (χ2n) is 1.02. The number of hydrogen-bond donors (Lipinski definition) is 3. The molecule has 0 amide bonds. The van der Waals surface area contributed by atoms with Gasteiger partial charge in [0.15, 0.2) is 0 Å². The molecule has 0 spiro atoms. The zero-order valence-corrected chi connectivity index (χ0v) is 5.45. The monoisotopic (exact) mass is 118 g/mol. The average Bonchev–Trinajstić information content (AvgIpc) is 1.65. The Kier molecular flexibility index (Phi) is 10.1. The molecule has 0 saturated carbocycles. The third kappa shape index (κ3) is 6.65. The van der Waals surface area contributed by atoms with Gasteiger partial charge in [0, 0.05) is 0 Å². The quantitative estimate of drug-likeness (QED) is 0.374. The van der Waals surface area contributed by atoms with Crippen LogP contribution in [0, 0.1) is 0 Å². The zero-order valence-electron chi connectivity index (χ0n) is 6.04. The van der Waals surface area contributed by atoms with Gasteiger partial charge in [-0.25, -0.2) is 0 Å². The minimum absolute atomic E-state index is 0. The molecule has 3 nitrogen and oxygen atoms in total. The van der Waals surface area contributed by atoms with E-state index in [4.69, 9.17) is 15.3 Å². The van der Waals surface area contributed by atoms with Crippen LogP contribution in [0.4, 0.5) is 0 Å². The molecule has 3 N–H and O–H groups in total. The smallest absolute Gasteiger partial charge is 1.00 e. The maximum atomic E-state index is 8.17. The Balaban J connectivity index is -0.0000000417. The van der Waals surface area contributed by atoms with E-state index in [1.54, 1.807) is 0 Å². The topological polar surface area (TPSA) is 60.7 Å². The summed E-state index contributed by atoms with van der Waals surface area (Å²) in [5, 5.41) is 24.0. The fourth-order valence-electron chi connectivity index (χ4n) is 0.0577. The normalized spacial score (nSPS) is 8.57. The van der Waals surface area contributed by atoms with Crippen LogP contribution in [-0.4, -0.2) is 57.7 Å². The van der Waals surface area contributed by atoms with Crippen molar-refractivity contribution in [2.75, 3.05) is 13.2 Å². The van der Waals surface area contributed by atoms with Crippen molar-refractivity contribution >= 4 is 23.1 Å². The Hall–Kier alpha value is 0.646. The minimum Gasteiger partial charge on any atom is -1.00 e. The molecule has 0 saturated heterocycles. The molecule has 0 aliphatic carbocycles. The maximum Gasteiger partial charge on any atom is 2.00 e. The first kappa shape index (κ1) is 10.6. The largest absolute Gasteiger partial charge is 2.00 e. The first-order valence-corrected chi connectivity index (χ1v) is 1.71. The summed E-state index contributed by atoms with van der Waals surface area (Å²) < 4.78 is 0. The van der Waals surface area contributed by atoms with Crippen molar-refractivity contribution < 1.29 is 18.2 Å². The van der Waals surface area contributed by atoms with Crippen molar-refractivity contribution in [3.05, 3.63) is 0 Å². The Morgan fingerprint density at radius 2 is 1.57 bits per heavy atom. The Morgan fingerprint density at radius 3 is 1.57 bits per heavy atom. The number of aliphatic hydroxyl groups is 3. The van der Waals surface area contributed by atoms with Gasteiger partial charge in [0.05, 0.1) is 13.2 Å². The first-order valence-electron chi connectivity index (χ1n) is 1.71. The summed E-state index contributed by atoms with van der Waals surface area (Å²) in [5.41, 5.74) is 0. The van der Waals surface area contributed by atoms with Gasteiger partial charge >= 0.3 is 23.1 Å². The molecule has 0 aliphatic heterocycles. The molecule has 0 fully saturated rings. The third-order valence-electron chi connectivity index (χ3n) is 0.421. The van der Waals surface area contributed by atoms with Gasteiger partial charge in [0.2, 0.25) is 0 Å². The van der Waals surface area contributed by atoms with Gasteiger partial charge < -0.3 is 18.2 Å². The van der Waals surface area contributed by atoms with E-state index >= 15 is 0 Å². The van der Waals surface area contributed by atoms with Gasteiger partial charge in [-0.2, -0.15) is 0 Å². The van der Waals surface area contributed by atoms with E-state index < -0.39 is 6.10 Å². The van der Waals surface area contributed by atoms with Crippen LogP contribution in [0.2, 0.25) is 0 Å². The van der Waals surface area contributed by atoms with Gasteiger partial charge in [-0.1, -0.05) is 0 Å². The SMILES string of the molecule is OCC(O)CO.[H-].[H-].[Mg+2]. The molecule has 42 valence electrons. The Labute approximate surface area is 61.1 Å². The van der Waals surface area contributed by atoms with Gasteiger partial charge in [-0.15, -0.1) is 0 Å². The first-order chi connectivity index (χ1) is 2.81. The number of hydrogen-bond acceptors (Lipinski definition) is 3. The van der Waals surface area contributed by atoms with E-state index in [1.807, 2.05) is 0 Å². The summed E-state index contributed by atoms with van der Waals surface area (Å²) in [6.45, 7) is -0.729. The van der Waals surface area contributed by atoms with Crippen LogP contribution in [0.1, 0.15) is 2.85 Å². The molecule has 7 heavy (non-hydrogen) atoms. The molecule has 0 aromatic carbocycles. The number of aliphatic hydroxyl groups excluding tert-OH is 3. The second-order valence-corrected chi connectivity index (χ2v) is 1.02. The Morgan fingerprint density at radius 1 is 1.29 bits per heavy atom. The average molecular weight is 118 g/mol. The van der Waals surface area contributed by atoms with Gasteiger partial charge in [-0.3, -0.25) is 0 Å². The third-order valence-corrected chi connectivity index (χ3v) is 0.421. The van der Waals surface area contributed by atoms with Crippen molar-refractivity contribution in [1.82, 2.24) is 0 Å². The van der Waals surface area contributed by atoms with Crippen molar-refractivity contribution in [2.45, 2.75) is 6.10 Å². The zero-order chi connectivity index (χ0) is 4.99. The summed E-state index contributed by atoms with van der Waals surface area (Å²) >= 11 is 0. The molecule has 0 aliphatic rings. The van der Waals surface area contributed by atoms with E-state index in [1.165, 1.54) is 0 Å². The van der Waals surface area contributed by atoms with E-state index in [-0.39, 0.29) is 39.1 Å². The van der Waals surface area contributed by atoms with Crippen LogP contribution in [0.5, 0.6) is 0 Å². The van der Waals surface area contributed by atoms with E-state index in [0.29, 0.717) is 0 Å². The molecule has 0 bridgehead atoms. The van der Waals surface area contributed by atoms with Crippen molar-refractivity contribution in [3.63, 3.8) is 0 Å². The van der Waals surface area contributed by atoms with Crippen LogP contribution >= 0.6 is 0 Å². The van der Waals surface area contributed by atoms with Gasteiger partial charge in [0.1, 0.15) is 6.10 Å². The van der Waals surface area contributed by atoms with Gasteiger partial charge in [-0.05, 0) is 0 Å². The van der Waals surface area contributed by atoms with Crippen molar-refractivity contribution in [2.24, 2.45) is 0 Å². The fourth-order valence-corrected chi connectivity index (χ4v) is 0.0577. The van der Waals surface area contributed by atoms with Crippen LogP contribution in [-0.2, 0) is 0 Å². The van der Waals surface area contributed by atoms with Crippen molar-refractivity contribution in [3.8, 4) is 0 Å². The molecule has 0 unspecified atom stereocenters. The summed E-state index contributed by atoms with van der Waals surface area (Å²) in [4.78, 5) is 0. The second kappa shape index (κ2) is 6.65. The molecule has 0 heterocycles. The predicted octanol–water partition coefficient (Wildman–Crippen LogP) is -1.82. The van der Waals surface area contributed by atoms with Crippen LogP contribution in [0.25, 0.3) is 0 Å². The van der Waals surface area contributed by atoms with Crippen LogP contribution < -0.4 is 0 Å². The molecule has 0 rings (SSSR count). The summed E-state index contributed by atoms with van der Waals surface area (Å²) in [6.07, 6.45) is -0.954. The molecule has 4 heteroatoms. The molecular weight excluding hydrogens is 108 g/mol. The summed E-state index contributed by atoms with van der Waals surface area (Å²) in [6, 6.07) is 0. The molecule has 0 aromatic rings. The predicted molar refractivity (Wildman–Crippen MR) is 28.2 cm³/mol. The van der Waals surface area contributed by atoms with Crippen LogP contribution in [0.15, 0.2) is 0 Å². The summed E-state index contributed by atoms with van der Waals surface area (Å²) in [7, 11) is 0. The molecular formula is C3H10MgO3. The van der Waals surface area contributed by atoms with E-state index in [2.05, 4.69) is 0 Å².